The van der Waals surface area contributed by atoms with Gasteiger partial charge in [0.2, 0.25) is 0 Å². The number of ether oxygens (including phenoxy) is 1. The lowest BCUT2D eigenvalue weighted by Crippen LogP contribution is -2.35. The average Bonchev–Trinajstić information content (AvgIpc) is 2.68. The van der Waals surface area contributed by atoms with Crippen LogP contribution in [0.15, 0.2) is 66.7 Å². The Morgan fingerprint density at radius 2 is 1.59 bits per heavy atom. The predicted octanol–water partition coefficient (Wildman–Crippen LogP) is 6.47. The van der Waals surface area contributed by atoms with E-state index in [-0.39, 0.29) is 23.3 Å². The standard InChI is InChI=1S/C21H17Cl3N2O2.ClH/c22-14-4-7-17(8-5-14)28-18-3-1-2-16(13-18)26(11-10-25)21(27)19-9-6-15(23)12-20(19)24;/h1-9,12-13H,10-11,25H2;1H. The highest BCUT2D eigenvalue weighted by atomic mass is 35.5. The van der Waals surface area contributed by atoms with E-state index in [9.17, 15) is 4.79 Å². The normalized spacial score (nSPS) is 10.2. The molecule has 0 spiro atoms. The number of halogens is 4. The summed E-state index contributed by atoms with van der Waals surface area (Å²) in [7, 11) is 0. The van der Waals surface area contributed by atoms with E-state index in [0.29, 0.717) is 45.9 Å². The third kappa shape index (κ3) is 6.01. The second-order valence-corrected chi connectivity index (χ2v) is 7.20. The fourth-order valence-corrected chi connectivity index (χ4v) is 3.25. The highest BCUT2D eigenvalue weighted by Crippen LogP contribution is 2.29. The summed E-state index contributed by atoms with van der Waals surface area (Å²) >= 11 is 18.0. The van der Waals surface area contributed by atoms with Crippen LogP contribution < -0.4 is 15.4 Å². The summed E-state index contributed by atoms with van der Waals surface area (Å²) in [5.41, 5.74) is 6.73. The molecule has 0 fully saturated rings. The quantitative estimate of drug-likeness (QED) is 0.448. The molecule has 0 saturated heterocycles. The van der Waals surface area contributed by atoms with Gasteiger partial charge in [0.15, 0.2) is 0 Å². The molecule has 3 aromatic rings. The first-order chi connectivity index (χ1) is 13.5. The SMILES string of the molecule is Cl.NCCN(C(=O)c1ccc(Cl)cc1Cl)c1cccc(Oc2ccc(Cl)cc2)c1. The molecular weight excluding hydrogens is 454 g/mol. The Hall–Kier alpha value is -1.95. The topological polar surface area (TPSA) is 55.6 Å². The Morgan fingerprint density at radius 3 is 2.24 bits per heavy atom. The Balaban J connectivity index is 0.00000300. The Bertz CT molecular complexity index is 981. The number of anilines is 1. The minimum atomic E-state index is -0.268. The van der Waals surface area contributed by atoms with Crippen LogP contribution in [-0.4, -0.2) is 19.0 Å². The number of nitrogens with two attached hydrogens (primary N) is 1. The van der Waals surface area contributed by atoms with Crippen molar-refractivity contribution in [2.24, 2.45) is 5.73 Å². The van der Waals surface area contributed by atoms with Crippen molar-refractivity contribution < 1.29 is 9.53 Å². The molecule has 0 radical (unpaired) electrons. The number of nitrogens with zero attached hydrogens (tertiary/aromatic N) is 1. The van der Waals surface area contributed by atoms with Crippen molar-refractivity contribution in [1.29, 1.82) is 0 Å². The van der Waals surface area contributed by atoms with Gasteiger partial charge in [-0.3, -0.25) is 4.79 Å². The van der Waals surface area contributed by atoms with E-state index in [1.165, 1.54) is 6.07 Å². The minimum absolute atomic E-state index is 0. The van der Waals surface area contributed by atoms with Crippen LogP contribution in [0.1, 0.15) is 10.4 Å². The van der Waals surface area contributed by atoms with Crippen LogP contribution in [0.2, 0.25) is 15.1 Å². The van der Waals surface area contributed by atoms with Gasteiger partial charge in [-0.1, -0.05) is 40.9 Å². The smallest absolute Gasteiger partial charge is 0.259 e. The van der Waals surface area contributed by atoms with E-state index in [0.717, 1.165) is 0 Å². The average molecular weight is 472 g/mol. The van der Waals surface area contributed by atoms with E-state index in [2.05, 4.69) is 0 Å². The fourth-order valence-electron chi connectivity index (χ4n) is 2.64. The molecule has 0 aliphatic carbocycles. The van der Waals surface area contributed by atoms with Crippen LogP contribution in [0.4, 0.5) is 5.69 Å². The number of benzene rings is 3. The van der Waals surface area contributed by atoms with Crippen molar-refractivity contribution in [2.45, 2.75) is 0 Å². The zero-order chi connectivity index (χ0) is 20.1. The third-order valence-corrected chi connectivity index (χ3v) is 4.74. The maximum atomic E-state index is 13.1. The molecule has 0 aromatic heterocycles. The minimum Gasteiger partial charge on any atom is -0.457 e. The molecular formula is C21H18Cl4N2O2. The second kappa shape index (κ2) is 10.7. The van der Waals surface area contributed by atoms with Crippen molar-refractivity contribution >= 4 is 58.8 Å². The molecule has 152 valence electrons. The summed E-state index contributed by atoms with van der Waals surface area (Å²) in [6.45, 7) is 0.613. The van der Waals surface area contributed by atoms with E-state index in [1.54, 1.807) is 59.5 Å². The summed E-state index contributed by atoms with van der Waals surface area (Å²) in [4.78, 5) is 14.6. The van der Waals surface area contributed by atoms with Crippen molar-refractivity contribution in [3.05, 3.63) is 87.4 Å². The van der Waals surface area contributed by atoms with E-state index in [1.807, 2.05) is 6.07 Å². The highest BCUT2D eigenvalue weighted by molar-refractivity contribution is 6.37. The summed E-state index contributed by atoms with van der Waals surface area (Å²) in [5, 5.41) is 1.37. The molecule has 8 heteroatoms. The first-order valence-corrected chi connectivity index (χ1v) is 9.62. The Kier molecular flexibility index (Phi) is 8.62. The second-order valence-electron chi connectivity index (χ2n) is 5.92. The van der Waals surface area contributed by atoms with E-state index < -0.39 is 0 Å². The van der Waals surface area contributed by atoms with Gasteiger partial charge >= 0.3 is 0 Å². The molecule has 2 N–H and O–H groups in total. The number of hydrogen-bond acceptors (Lipinski definition) is 3. The lowest BCUT2D eigenvalue weighted by atomic mass is 10.1. The Labute approximate surface area is 190 Å². The molecule has 29 heavy (non-hydrogen) atoms. The zero-order valence-corrected chi connectivity index (χ0v) is 18.2. The van der Waals surface area contributed by atoms with Crippen LogP contribution in [0.25, 0.3) is 0 Å². The molecule has 0 saturated carbocycles. The summed E-state index contributed by atoms with van der Waals surface area (Å²) < 4.78 is 5.86. The first-order valence-electron chi connectivity index (χ1n) is 8.48. The van der Waals surface area contributed by atoms with Gasteiger partial charge in [-0.25, -0.2) is 0 Å². The zero-order valence-electron chi connectivity index (χ0n) is 15.1. The first kappa shape index (κ1) is 23.3. The van der Waals surface area contributed by atoms with Gasteiger partial charge in [0.25, 0.3) is 5.91 Å². The molecule has 0 unspecified atom stereocenters. The van der Waals surface area contributed by atoms with Crippen LogP contribution in [0.5, 0.6) is 11.5 Å². The monoisotopic (exact) mass is 470 g/mol. The van der Waals surface area contributed by atoms with E-state index >= 15 is 0 Å². The van der Waals surface area contributed by atoms with Gasteiger partial charge in [-0.2, -0.15) is 0 Å². The summed E-state index contributed by atoms with van der Waals surface area (Å²) in [5.74, 6) is 0.951. The van der Waals surface area contributed by atoms with Crippen LogP contribution >= 0.6 is 47.2 Å². The number of rotatable bonds is 6. The van der Waals surface area contributed by atoms with Crippen LogP contribution in [0.3, 0.4) is 0 Å². The molecule has 3 rings (SSSR count). The molecule has 0 heterocycles. The van der Waals surface area contributed by atoms with Crippen molar-refractivity contribution in [1.82, 2.24) is 0 Å². The highest BCUT2D eigenvalue weighted by Gasteiger charge is 2.20. The fraction of sp³-hybridized carbons (Fsp3) is 0.0952. The number of hydrogen-bond donors (Lipinski definition) is 1. The largest absolute Gasteiger partial charge is 0.457 e. The molecule has 0 aliphatic rings. The molecule has 1 amide bonds. The van der Waals surface area contributed by atoms with Gasteiger partial charge in [0, 0.05) is 34.9 Å². The van der Waals surface area contributed by atoms with Gasteiger partial charge in [-0.15, -0.1) is 12.4 Å². The maximum absolute atomic E-state index is 13.1. The Morgan fingerprint density at radius 1 is 0.897 bits per heavy atom. The van der Waals surface area contributed by atoms with Crippen molar-refractivity contribution in [3.8, 4) is 11.5 Å². The predicted molar refractivity (Wildman–Crippen MR) is 122 cm³/mol. The molecule has 3 aromatic carbocycles. The molecule has 0 bridgehead atoms. The lowest BCUT2D eigenvalue weighted by Gasteiger charge is -2.23. The summed E-state index contributed by atoms with van der Waals surface area (Å²) in [6, 6.07) is 19.0. The van der Waals surface area contributed by atoms with Gasteiger partial charge in [-0.05, 0) is 54.6 Å². The van der Waals surface area contributed by atoms with Gasteiger partial charge in [0.1, 0.15) is 11.5 Å². The summed E-state index contributed by atoms with van der Waals surface area (Å²) in [6.07, 6.45) is 0. The number of carbonyl (C=O) groups is 1. The van der Waals surface area contributed by atoms with Crippen LogP contribution in [-0.2, 0) is 0 Å². The van der Waals surface area contributed by atoms with E-state index in [4.69, 9.17) is 45.3 Å². The molecule has 0 atom stereocenters. The van der Waals surface area contributed by atoms with Gasteiger partial charge < -0.3 is 15.4 Å². The van der Waals surface area contributed by atoms with Gasteiger partial charge in [0.05, 0.1) is 10.6 Å². The molecule has 4 nitrogen and oxygen atoms in total. The third-order valence-electron chi connectivity index (χ3n) is 3.94. The van der Waals surface area contributed by atoms with Crippen molar-refractivity contribution in [3.63, 3.8) is 0 Å². The number of amides is 1. The van der Waals surface area contributed by atoms with Crippen molar-refractivity contribution in [2.75, 3.05) is 18.0 Å². The lowest BCUT2D eigenvalue weighted by molar-refractivity contribution is 0.0988. The van der Waals surface area contributed by atoms with Crippen LogP contribution in [0, 0.1) is 0 Å². The molecule has 0 aliphatic heterocycles. The number of carbonyl (C=O) groups excluding carboxylic acids is 1. The maximum Gasteiger partial charge on any atom is 0.259 e.